The minimum atomic E-state index is -1.34. The molecule has 3 N–H and O–H groups in total. The van der Waals surface area contributed by atoms with Crippen molar-refractivity contribution in [3.05, 3.63) is 47.2 Å². The number of hydrogen-bond donors (Lipinski definition) is 3. The fraction of sp³-hybridized carbons (Fsp3) is 0.593. The number of ether oxygens (including phenoxy) is 2. The SMILES string of the molecule is CC(C)(O)C1OC(=O)C=C2C(CCC3(C)C2(O)CCC2Cc4c([nH]c5ccccc45)C23C)O1. The molecule has 6 unspecified atom stereocenters. The van der Waals surface area contributed by atoms with Gasteiger partial charge in [-0.2, -0.15) is 0 Å². The van der Waals surface area contributed by atoms with Crippen molar-refractivity contribution in [2.75, 3.05) is 0 Å². The number of carbonyl (C=O) groups excluding carboxylic acids is 1. The van der Waals surface area contributed by atoms with Crippen LogP contribution in [0.15, 0.2) is 35.9 Å². The third-order valence-electron chi connectivity index (χ3n) is 9.61. The van der Waals surface area contributed by atoms with Crippen LogP contribution < -0.4 is 0 Å². The summed E-state index contributed by atoms with van der Waals surface area (Å²) in [5, 5.41) is 24.2. The number of rotatable bonds is 1. The molecule has 176 valence electrons. The van der Waals surface area contributed by atoms with E-state index in [1.807, 2.05) is 0 Å². The van der Waals surface area contributed by atoms with Crippen LogP contribution in [0.4, 0.5) is 0 Å². The van der Waals surface area contributed by atoms with Crippen LogP contribution in [-0.2, 0) is 26.1 Å². The Morgan fingerprint density at radius 1 is 1.15 bits per heavy atom. The van der Waals surface area contributed by atoms with Crippen molar-refractivity contribution in [1.29, 1.82) is 0 Å². The number of esters is 1. The molecule has 2 aromatic rings. The van der Waals surface area contributed by atoms with Crippen LogP contribution in [-0.4, -0.2) is 44.8 Å². The minimum Gasteiger partial charge on any atom is -0.429 e. The number of aromatic nitrogens is 1. The summed E-state index contributed by atoms with van der Waals surface area (Å²) in [5.41, 5.74) is 1.06. The molecule has 1 aliphatic heterocycles. The lowest BCUT2D eigenvalue weighted by atomic mass is 9.42. The van der Waals surface area contributed by atoms with Gasteiger partial charge in [0.15, 0.2) is 0 Å². The van der Waals surface area contributed by atoms with Gasteiger partial charge >= 0.3 is 5.97 Å². The number of aromatic amines is 1. The predicted octanol–water partition coefficient (Wildman–Crippen LogP) is 3.89. The van der Waals surface area contributed by atoms with Gasteiger partial charge in [-0.1, -0.05) is 32.0 Å². The highest BCUT2D eigenvalue weighted by molar-refractivity contribution is 5.86. The maximum Gasteiger partial charge on any atom is 0.333 e. The lowest BCUT2D eigenvalue weighted by molar-refractivity contribution is -0.243. The number of carbonyl (C=O) groups is 1. The Bertz CT molecular complexity index is 1190. The van der Waals surface area contributed by atoms with Gasteiger partial charge in [0.1, 0.15) is 5.60 Å². The predicted molar refractivity (Wildman–Crippen MR) is 124 cm³/mol. The largest absolute Gasteiger partial charge is 0.429 e. The van der Waals surface area contributed by atoms with Gasteiger partial charge in [-0.15, -0.1) is 0 Å². The van der Waals surface area contributed by atoms with E-state index in [2.05, 4.69) is 43.1 Å². The summed E-state index contributed by atoms with van der Waals surface area (Å²) >= 11 is 0. The molecule has 3 aliphatic carbocycles. The molecule has 2 fully saturated rings. The monoisotopic (exact) mass is 451 g/mol. The zero-order chi connectivity index (χ0) is 23.4. The van der Waals surface area contributed by atoms with Gasteiger partial charge in [-0.3, -0.25) is 0 Å². The Morgan fingerprint density at radius 3 is 2.67 bits per heavy atom. The average Bonchev–Trinajstić information content (AvgIpc) is 3.18. The zero-order valence-electron chi connectivity index (χ0n) is 19.8. The van der Waals surface area contributed by atoms with E-state index < -0.39 is 35.0 Å². The molecule has 0 radical (unpaired) electrons. The number of aliphatic hydroxyl groups is 2. The lowest BCUT2D eigenvalue weighted by Gasteiger charge is -2.64. The molecule has 6 heteroatoms. The van der Waals surface area contributed by atoms with Crippen LogP contribution in [0.5, 0.6) is 0 Å². The molecule has 0 saturated heterocycles. The summed E-state index contributed by atoms with van der Waals surface area (Å²) in [6.07, 6.45) is 3.77. The summed E-state index contributed by atoms with van der Waals surface area (Å²) in [5.74, 6) is -0.143. The lowest BCUT2D eigenvalue weighted by Crippen LogP contribution is -2.67. The molecule has 33 heavy (non-hydrogen) atoms. The van der Waals surface area contributed by atoms with Gasteiger partial charge in [0.05, 0.1) is 11.7 Å². The zero-order valence-corrected chi connectivity index (χ0v) is 19.8. The van der Waals surface area contributed by atoms with Crippen molar-refractivity contribution in [2.45, 2.75) is 88.8 Å². The molecule has 2 saturated carbocycles. The van der Waals surface area contributed by atoms with E-state index in [-0.39, 0.29) is 5.41 Å². The van der Waals surface area contributed by atoms with Gasteiger partial charge in [-0.25, -0.2) is 4.79 Å². The van der Waals surface area contributed by atoms with E-state index in [4.69, 9.17) is 9.47 Å². The Hall–Kier alpha value is -2.15. The second kappa shape index (κ2) is 6.49. The molecular weight excluding hydrogens is 418 g/mol. The van der Waals surface area contributed by atoms with Crippen molar-refractivity contribution in [2.24, 2.45) is 11.3 Å². The molecule has 0 amide bonds. The van der Waals surface area contributed by atoms with E-state index in [1.165, 1.54) is 22.7 Å². The Kier molecular flexibility index (Phi) is 4.21. The summed E-state index contributed by atoms with van der Waals surface area (Å²) < 4.78 is 11.6. The summed E-state index contributed by atoms with van der Waals surface area (Å²) in [6, 6.07) is 8.44. The highest BCUT2D eigenvalue weighted by Gasteiger charge is 2.69. The first kappa shape index (κ1) is 21.4. The van der Waals surface area contributed by atoms with Crippen LogP contribution >= 0.6 is 0 Å². The van der Waals surface area contributed by atoms with Crippen molar-refractivity contribution in [1.82, 2.24) is 4.98 Å². The third kappa shape index (κ3) is 2.57. The maximum absolute atomic E-state index is 12.7. The minimum absolute atomic E-state index is 0.272. The molecule has 2 heterocycles. The highest BCUT2D eigenvalue weighted by atomic mass is 16.7. The molecule has 0 spiro atoms. The number of cyclic esters (lactones) is 1. The topological polar surface area (TPSA) is 91.8 Å². The summed E-state index contributed by atoms with van der Waals surface area (Å²) in [6.45, 7) is 7.64. The fourth-order valence-electron chi connectivity index (χ4n) is 7.59. The van der Waals surface area contributed by atoms with Crippen LogP contribution in [0, 0.1) is 11.3 Å². The standard InChI is InChI=1S/C27H33NO5/c1-24(2,30)23-32-20-10-11-25(3)26(4)15(9-12-27(25,31)18(20)14-21(29)33-23)13-17-16-7-5-6-8-19(16)28-22(17)26/h5-8,14-15,20,23,28,30-31H,9-13H2,1-4H3. The van der Waals surface area contributed by atoms with Crippen LogP contribution in [0.3, 0.4) is 0 Å². The van der Waals surface area contributed by atoms with Gasteiger partial charge in [0.2, 0.25) is 6.29 Å². The Balaban J connectivity index is 1.48. The molecule has 4 aliphatic rings. The van der Waals surface area contributed by atoms with Crippen molar-refractivity contribution >= 4 is 16.9 Å². The number of nitrogens with one attached hydrogen (secondary N) is 1. The van der Waals surface area contributed by atoms with Crippen LogP contribution in [0.1, 0.15) is 64.6 Å². The third-order valence-corrected chi connectivity index (χ3v) is 9.61. The number of fused-ring (bicyclic) bond motifs is 9. The van der Waals surface area contributed by atoms with Crippen molar-refractivity contribution < 1.29 is 24.5 Å². The first-order valence-corrected chi connectivity index (χ1v) is 12.1. The second-order valence-corrected chi connectivity index (χ2v) is 11.5. The Labute approximate surface area is 194 Å². The number of hydrogen-bond acceptors (Lipinski definition) is 5. The molecule has 6 nitrogen and oxygen atoms in total. The average molecular weight is 452 g/mol. The molecule has 6 atom stereocenters. The molecule has 6 rings (SSSR count). The first-order valence-electron chi connectivity index (χ1n) is 12.1. The van der Waals surface area contributed by atoms with Crippen LogP contribution in [0.25, 0.3) is 10.9 Å². The first-order chi connectivity index (χ1) is 15.5. The van der Waals surface area contributed by atoms with E-state index in [0.717, 1.165) is 24.8 Å². The molecular formula is C27H33NO5. The summed E-state index contributed by atoms with van der Waals surface area (Å²) in [4.78, 5) is 16.5. The van der Waals surface area contributed by atoms with Gasteiger partial charge in [0.25, 0.3) is 0 Å². The molecule has 1 aromatic heterocycles. The van der Waals surface area contributed by atoms with E-state index >= 15 is 0 Å². The second-order valence-electron chi connectivity index (χ2n) is 11.5. The van der Waals surface area contributed by atoms with Gasteiger partial charge in [0, 0.05) is 33.5 Å². The summed E-state index contributed by atoms with van der Waals surface area (Å²) in [7, 11) is 0. The van der Waals surface area contributed by atoms with E-state index in [0.29, 0.717) is 24.3 Å². The number of H-pyrrole nitrogens is 1. The van der Waals surface area contributed by atoms with Crippen molar-refractivity contribution in [3.63, 3.8) is 0 Å². The van der Waals surface area contributed by atoms with E-state index in [1.54, 1.807) is 13.8 Å². The Morgan fingerprint density at radius 2 is 1.91 bits per heavy atom. The highest BCUT2D eigenvalue weighted by Crippen LogP contribution is 2.69. The fourth-order valence-corrected chi connectivity index (χ4v) is 7.59. The number of benzene rings is 1. The van der Waals surface area contributed by atoms with E-state index in [9.17, 15) is 15.0 Å². The smallest absolute Gasteiger partial charge is 0.333 e. The maximum atomic E-state index is 12.7. The normalized spacial score (nSPS) is 40.2. The van der Waals surface area contributed by atoms with Crippen molar-refractivity contribution in [3.8, 4) is 0 Å². The quantitative estimate of drug-likeness (QED) is 0.572. The number of para-hydroxylation sites is 1. The molecule has 1 aromatic carbocycles. The molecule has 0 bridgehead atoms. The van der Waals surface area contributed by atoms with Gasteiger partial charge < -0.3 is 24.7 Å². The van der Waals surface area contributed by atoms with Gasteiger partial charge in [-0.05, 0) is 69.1 Å². The van der Waals surface area contributed by atoms with Crippen LogP contribution in [0.2, 0.25) is 0 Å².